The van der Waals surface area contributed by atoms with Gasteiger partial charge in [-0.25, -0.2) is 4.98 Å². The number of rotatable bonds is 5. The van der Waals surface area contributed by atoms with Gasteiger partial charge in [-0.2, -0.15) is 0 Å². The second-order valence-electron chi connectivity index (χ2n) is 5.61. The maximum Gasteiger partial charge on any atom is 0.272 e. The van der Waals surface area contributed by atoms with E-state index in [4.69, 9.17) is 0 Å². The molecule has 1 heterocycles. The van der Waals surface area contributed by atoms with Crippen LogP contribution in [0.3, 0.4) is 0 Å². The molecule has 1 N–H and O–H groups in total. The van der Waals surface area contributed by atoms with Crippen LogP contribution in [-0.4, -0.2) is 34.9 Å². The first-order valence-corrected chi connectivity index (χ1v) is 6.83. The fourth-order valence-corrected chi connectivity index (χ4v) is 1.74. The molecule has 4 heteroatoms. The zero-order valence-electron chi connectivity index (χ0n) is 12.8. The van der Waals surface area contributed by atoms with Gasteiger partial charge < -0.3 is 10.2 Å². The van der Waals surface area contributed by atoms with Crippen molar-refractivity contribution in [1.29, 1.82) is 0 Å². The van der Waals surface area contributed by atoms with Gasteiger partial charge >= 0.3 is 0 Å². The number of carbonyl (C=O) groups excluding carboxylic acids is 1. The lowest BCUT2D eigenvalue weighted by atomic mass is 10.0. The number of carbonyl (C=O) groups is 1. The first-order valence-electron chi connectivity index (χ1n) is 6.83. The second kappa shape index (κ2) is 6.55. The summed E-state index contributed by atoms with van der Waals surface area (Å²) >= 11 is 0. The Kier molecular flexibility index (Phi) is 5.33. The molecule has 0 bridgehead atoms. The molecule has 0 radical (unpaired) electrons. The van der Waals surface area contributed by atoms with Crippen molar-refractivity contribution in [2.45, 2.75) is 46.7 Å². The van der Waals surface area contributed by atoms with Gasteiger partial charge in [0.2, 0.25) is 0 Å². The van der Waals surface area contributed by atoms with Gasteiger partial charge in [0.05, 0.1) is 0 Å². The van der Waals surface area contributed by atoms with Crippen LogP contribution in [0.4, 0.5) is 5.82 Å². The number of anilines is 1. The molecule has 0 aliphatic heterocycles. The van der Waals surface area contributed by atoms with Crippen molar-refractivity contribution in [1.82, 2.24) is 9.88 Å². The van der Waals surface area contributed by atoms with E-state index >= 15 is 0 Å². The molecule has 0 spiro atoms. The highest BCUT2D eigenvalue weighted by Gasteiger charge is 2.20. The summed E-state index contributed by atoms with van der Waals surface area (Å²) in [4.78, 5) is 18.5. The van der Waals surface area contributed by atoms with Gasteiger partial charge in [-0.1, -0.05) is 19.9 Å². The maximum absolute atomic E-state index is 12.4. The highest BCUT2D eigenvalue weighted by Crippen LogP contribution is 2.13. The molecule has 1 aromatic heterocycles. The summed E-state index contributed by atoms with van der Waals surface area (Å²) in [7, 11) is 1.83. The number of hydrogen-bond donors (Lipinski definition) is 1. The Balaban J connectivity index is 2.87. The van der Waals surface area contributed by atoms with Crippen LogP contribution < -0.4 is 5.32 Å². The fourth-order valence-electron chi connectivity index (χ4n) is 1.74. The lowest BCUT2D eigenvalue weighted by Crippen LogP contribution is -2.38. The molecule has 106 valence electrons. The van der Waals surface area contributed by atoms with Crippen molar-refractivity contribution in [3.05, 3.63) is 23.9 Å². The SMILES string of the molecule is CC(C)Nc1cccc(C(=O)N(C)C(C)C(C)C)n1. The number of pyridine rings is 1. The number of aromatic nitrogens is 1. The highest BCUT2D eigenvalue weighted by molar-refractivity contribution is 5.92. The van der Waals surface area contributed by atoms with Crippen LogP contribution in [0.1, 0.15) is 45.1 Å². The van der Waals surface area contributed by atoms with E-state index in [1.807, 2.05) is 33.0 Å². The van der Waals surface area contributed by atoms with Crippen LogP contribution >= 0.6 is 0 Å². The fraction of sp³-hybridized carbons (Fsp3) is 0.600. The first kappa shape index (κ1) is 15.5. The summed E-state index contributed by atoms with van der Waals surface area (Å²) in [6, 6.07) is 5.99. The third kappa shape index (κ3) is 4.23. The minimum Gasteiger partial charge on any atom is -0.368 e. The molecule has 0 saturated heterocycles. The quantitative estimate of drug-likeness (QED) is 0.888. The van der Waals surface area contributed by atoms with Crippen molar-refractivity contribution < 1.29 is 4.79 Å². The van der Waals surface area contributed by atoms with Crippen molar-refractivity contribution in [3.63, 3.8) is 0 Å². The average Bonchev–Trinajstić information content (AvgIpc) is 2.35. The Morgan fingerprint density at radius 1 is 1.21 bits per heavy atom. The average molecular weight is 263 g/mol. The number of amides is 1. The molecule has 4 nitrogen and oxygen atoms in total. The van der Waals surface area contributed by atoms with Gasteiger partial charge in [-0.05, 0) is 38.8 Å². The monoisotopic (exact) mass is 263 g/mol. The van der Waals surface area contributed by atoms with Gasteiger partial charge in [0, 0.05) is 19.1 Å². The zero-order valence-corrected chi connectivity index (χ0v) is 12.8. The number of nitrogens with one attached hydrogen (secondary N) is 1. The van der Waals surface area contributed by atoms with Gasteiger partial charge in [0.15, 0.2) is 0 Å². The molecule has 0 aliphatic rings. The standard InChI is InChI=1S/C15H25N3O/c1-10(2)12(5)18(6)15(19)13-8-7-9-14(17-13)16-11(3)4/h7-12H,1-6H3,(H,16,17). The summed E-state index contributed by atoms with van der Waals surface area (Å²) in [5.41, 5.74) is 0.487. The molecule has 1 unspecified atom stereocenters. The Morgan fingerprint density at radius 3 is 2.37 bits per heavy atom. The van der Waals surface area contributed by atoms with E-state index in [-0.39, 0.29) is 11.9 Å². The van der Waals surface area contributed by atoms with Gasteiger partial charge in [0.25, 0.3) is 5.91 Å². The summed E-state index contributed by atoms with van der Waals surface area (Å²) in [6.07, 6.45) is 0. The third-order valence-electron chi connectivity index (χ3n) is 3.30. The van der Waals surface area contributed by atoms with Crippen molar-refractivity contribution in [3.8, 4) is 0 Å². The molecule has 0 aliphatic carbocycles. The van der Waals surface area contributed by atoms with E-state index < -0.39 is 0 Å². The van der Waals surface area contributed by atoms with E-state index in [1.54, 1.807) is 11.0 Å². The molecule has 1 atom stereocenters. The van der Waals surface area contributed by atoms with Crippen LogP contribution in [0.15, 0.2) is 18.2 Å². The van der Waals surface area contributed by atoms with Gasteiger partial charge in [0.1, 0.15) is 11.5 Å². The molecule has 1 rings (SSSR count). The minimum absolute atomic E-state index is 0.0337. The molecule has 0 aromatic carbocycles. The van der Waals surface area contributed by atoms with Crippen molar-refractivity contribution in [2.75, 3.05) is 12.4 Å². The number of hydrogen-bond acceptors (Lipinski definition) is 3. The van der Waals surface area contributed by atoms with Crippen LogP contribution in [-0.2, 0) is 0 Å². The van der Waals surface area contributed by atoms with E-state index in [0.717, 1.165) is 5.82 Å². The summed E-state index contributed by atoms with van der Waals surface area (Å²) < 4.78 is 0. The van der Waals surface area contributed by atoms with E-state index in [2.05, 4.69) is 31.1 Å². The minimum atomic E-state index is -0.0337. The van der Waals surface area contributed by atoms with Crippen LogP contribution in [0, 0.1) is 5.92 Å². The lowest BCUT2D eigenvalue weighted by molar-refractivity contribution is 0.0701. The Hall–Kier alpha value is -1.58. The normalized spacial score (nSPS) is 12.6. The van der Waals surface area contributed by atoms with Crippen LogP contribution in [0.25, 0.3) is 0 Å². The molecule has 1 amide bonds. The largest absolute Gasteiger partial charge is 0.368 e. The topological polar surface area (TPSA) is 45.2 Å². The van der Waals surface area contributed by atoms with Crippen LogP contribution in [0.2, 0.25) is 0 Å². The first-order chi connectivity index (χ1) is 8.82. The van der Waals surface area contributed by atoms with Crippen molar-refractivity contribution >= 4 is 11.7 Å². The third-order valence-corrected chi connectivity index (χ3v) is 3.30. The van der Waals surface area contributed by atoms with E-state index in [1.165, 1.54) is 0 Å². The van der Waals surface area contributed by atoms with Crippen molar-refractivity contribution in [2.24, 2.45) is 5.92 Å². The molecule has 0 saturated carbocycles. The molecular weight excluding hydrogens is 238 g/mol. The maximum atomic E-state index is 12.4. The zero-order chi connectivity index (χ0) is 14.6. The number of nitrogens with zero attached hydrogens (tertiary/aromatic N) is 2. The molecule has 0 fully saturated rings. The summed E-state index contributed by atoms with van der Waals surface area (Å²) in [6.45, 7) is 10.4. The predicted octanol–water partition coefficient (Wildman–Crippen LogP) is 3.02. The molecule has 1 aromatic rings. The van der Waals surface area contributed by atoms with E-state index in [0.29, 0.717) is 17.7 Å². The van der Waals surface area contributed by atoms with E-state index in [9.17, 15) is 4.79 Å². The Bertz CT molecular complexity index is 429. The second-order valence-corrected chi connectivity index (χ2v) is 5.61. The molecule has 19 heavy (non-hydrogen) atoms. The van der Waals surface area contributed by atoms with Gasteiger partial charge in [-0.15, -0.1) is 0 Å². The smallest absolute Gasteiger partial charge is 0.272 e. The summed E-state index contributed by atoms with van der Waals surface area (Å²) in [5, 5.41) is 3.21. The predicted molar refractivity (Wildman–Crippen MR) is 79.4 cm³/mol. The van der Waals surface area contributed by atoms with Crippen LogP contribution in [0.5, 0.6) is 0 Å². The lowest BCUT2D eigenvalue weighted by Gasteiger charge is -2.27. The Labute approximate surface area is 116 Å². The van der Waals surface area contributed by atoms with Gasteiger partial charge in [-0.3, -0.25) is 4.79 Å². The molecular formula is C15H25N3O. The Morgan fingerprint density at radius 2 is 1.84 bits per heavy atom. The summed E-state index contributed by atoms with van der Waals surface area (Å²) in [5.74, 6) is 1.13. The highest BCUT2D eigenvalue weighted by atomic mass is 16.2.